The van der Waals surface area contributed by atoms with Crippen molar-refractivity contribution in [3.05, 3.63) is 52.3 Å². The first-order chi connectivity index (χ1) is 10.5. The van der Waals surface area contributed by atoms with Crippen molar-refractivity contribution in [1.82, 2.24) is 0 Å². The average Bonchev–Trinajstić information content (AvgIpc) is 2.51. The number of hydrogen-bond donors (Lipinski definition) is 1. The molecule has 0 aromatic heterocycles. The van der Waals surface area contributed by atoms with Crippen molar-refractivity contribution in [1.29, 1.82) is 0 Å². The van der Waals surface area contributed by atoms with Crippen LogP contribution in [0.15, 0.2) is 40.9 Å². The lowest BCUT2D eigenvalue weighted by atomic mass is 10.2. The number of carbonyl (C=O) groups excluding carboxylic acids is 1. The van der Waals surface area contributed by atoms with Gasteiger partial charge in [-0.05, 0) is 37.3 Å². The van der Waals surface area contributed by atoms with Gasteiger partial charge in [0, 0.05) is 16.2 Å². The number of methoxy groups -OCH3 is 1. The lowest BCUT2D eigenvalue weighted by Crippen LogP contribution is -2.14. The number of ether oxygens (including phenoxy) is 2. The standard InChI is InChI=1S/C16H15BrFNO3/c1-3-22-14-7-5-11(9-15(14)21-2)19-16(20)12-8-10(17)4-6-13(12)18/h4-9H,3H2,1-2H3,(H,19,20). The van der Waals surface area contributed by atoms with Gasteiger partial charge in [-0.3, -0.25) is 4.79 Å². The van der Waals surface area contributed by atoms with E-state index >= 15 is 0 Å². The van der Waals surface area contributed by atoms with Crippen LogP contribution in [0.5, 0.6) is 11.5 Å². The predicted octanol–water partition coefficient (Wildman–Crippen LogP) is 4.25. The third-order valence-electron chi connectivity index (χ3n) is 2.89. The highest BCUT2D eigenvalue weighted by Crippen LogP contribution is 2.30. The summed E-state index contributed by atoms with van der Waals surface area (Å²) >= 11 is 3.22. The SMILES string of the molecule is CCOc1ccc(NC(=O)c2cc(Br)ccc2F)cc1OC. The lowest BCUT2D eigenvalue weighted by molar-refractivity contribution is 0.102. The normalized spacial score (nSPS) is 10.2. The van der Waals surface area contributed by atoms with E-state index in [1.807, 2.05) is 6.92 Å². The first kappa shape index (κ1) is 16.3. The van der Waals surface area contributed by atoms with Crippen molar-refractivity contribution < 1.29 is 18.7 Å². The Balaban J connectivity index is 2.23. The van der Waals surface area contributed by atoms with Gasteiger partial charge in [0.25, 0.3) is 5.91 Å². The third kappa shape index (κ3) is 3.76. The molecular weight excluding hydrogens is 353 g/mol. The molecule has 0 radical (unpaired) electrons. The quantitative estimate of drug-likeness (QED) is 0.859. The van der Waals surface area contributed by atoms with Crippen LogP contribution in [0.3, 0.4) is 0 Å². The zero-order valence-corrected chi connectivity index (χ0v) is 13.7. The van der Waals surface area contributed by atoms with Crippen LogP contribution in [-0.4, -0.2) is 19.6 Å². The highest BCUT2D eigenvalue weighted by molar-refractivity contribution is 9.10. The molecule has 0 aliphatic carbocycles. The zero-order valence-electron chi connectivity index (χ0n) is 12.2. The van der Waals surface area contributed by atoms with Gasteiger partial charge in [-0.1, -0.05) is 15.9 Å². The summed E-state index contributed by atoms with van der Waals surface area (Å²) in [6.07, 6.45) is 0. The molecule has 2 rings (SSSR count). The molecular formula is C16H15BrFNO3. The van der Waals surface area contributed by atoms with Crippen molar-refractivity contribution in [2.45, 2.75) is 6.92 Å². The first-order valence-corrected chi connectivity index (χ1v) is 7.41. The van der Waals surface area contributed by atoms with Gasteiger partial charge in [0.15, 0.2) is 11.5 Å². The number of nitrogens with one attached hydrogen (secondary N) is 1. The van der Waals surface area contributed by atoms with Crippen LogP contribution in [0.4, 0.5) is 10.1 Å². The second-order valence-corrected chi connectivity index (χ2v) is 5.29. The lowest BCUT2D eigenvalue weighted by Gasteiger charge is -2.12. The highest BCUT2D eigenvalue weighted by Gasteiger charge is 2.13. The largest absolute Gasteiger partial charge is 0.493 e. The van der Waals surface area contributed by atoms with Crippen LogP contribution in [0.2, 0.25) is 0 Å². The molecule has 0 bridgehead atoms. The van der Waals surface area contributed by atoms with E-state index in [2.05, 4.69) is 21.2 Å². The smallest absolute Gasteiger partial charge is 0.258 e. The van der Waals surface area contributed by atoms with Crippen molar-refractivity contribution in [3.63, 3.8) is 0 Å². The van der Waals surface area contributed by atoms with E-state index in [4.69, 9.17) is 9.47 Å². The molecule has 116 valence electrons. The molecule has 0 unspecified atom stereocenters. The number of anilines is 1. The van der Waals surface area contributed by atoms with Gasteiger partial charge in [-0.15, -0.1) is 0 Å². The van der Waals surface area contributed by atoms with Gasteiger partial charge in [0.1, 0.15) is 5.82 Å². The van der Waals surface area contributed by atoms with E-state index in [0.29, 0.717) is 28.3 Å². The molecule has 0 saturated carbocycles. The third-order valence-corrected chi connectivity index (χ3v) is 3.39. The number of amides is 1. The van der Waals surface area contributed by atoms with E-state index in [1.165, 1.54) is 25.3 Å². The Bertz CT molecular complexity index is 691. The van der Waals surface area contributed by atoms with Crippen molar-refractivity contribution in [2.75, 3.05) is 19.0 Å². The topological polar surface area (TPSA) is 47.6 Å². The average molecular weight is 368 g/mol. The summed E-state index contributed by atoms with van der Waals surface area (Å²) in [5.74, 6) is -0.0467. The molecule has 0 fully saturated rings. The summed E-state index contributed by atoms with van der Waals surface area (Å²) in [5.41, 5.74) is 0.451. The zero-order chi connectivity index (χ0) is 16.1. The maximum absolute atomic E-state index is 13.7. The van der Waals surface area contributed by atoms with Gasteiger partial charge in [-0.25, -0.2) is 4.39 Å². The minimum absolute atomic E-state index is 0.0396. The van der Waals surface area contributed by atoms with Crippen LogP contribution < -0.4 is 14.8 Å². The van der Waals surface area contributed by atoms with Crippen LogP contribution in [-0.2, 0) is 0 Å². The molecule has 0 spiro atoms. The minimum Gasteiger partial charge on any atom is -0.493 e. The van der Waals surface area contributed by atoms with E-state index in [9.17, 15) is 9.18 Å². The van der Waals surface area contributed by atoms with E-state index in [-0.39, 0.29) is 5.56 Å². The highest BCUT2D eigenvalue weighted by atomic mass is 79.9. The summed E-state index contributed by atoms with van der Waals surface area (Å²) in [5, 5.41) is 2.63. The molecule has 0 atom stereocenters. The van der Waals surface area contributed by atoms with Gasteiger partial charge >= 0.3 is 0 Å². The maximum atomic E-state index is 13.7. The molecule has 0 saturated heterocycles. The van der Waals surface area contributed by atoms with E-state index in [1.54, 1.807) is 18.2 Å². The fourth-order valence-electron chi connectivity index (χ4n) is 1.89. The van der Waals surface area contributed by atoms with Crippen LogP contribution in [0.1, 0.15) is 17.3 Å². The van der Waals surface area contributed by atoms with Crippen LogP contribution in [0, 0.1) is 5.82 Å². The summed E-state index contributed by atoms with van der Waals surface area (Å²) in [4.78, 5) is 12.2. The number of hydrogen-bond acceptors (Lipinski definition) is 3. The van der Waals surface area contributed by atoms with Crippen LogP contribution in [0.25, 0.3) is 0 Å². The molecule has 6 heteroatoms. The molecule has 22 heavy (non-hydrogen) atoms. The van der Waals surface area contributed by atoms with Crippen molar-refractivity contribution >= 4 is 27.5 Å². The molecule has 0 aliphatic rings. The monoisotopic (exact) mass is 367 g/mol. The number of halogens is 2. The predicted molar refractivity (Wildman–Crippen MR) is 86.2 cm³/mol. The Morgan fingerprint density at radius 3 is 2.68 bits per heavy atom. The Morgan fingerprint density at radius 1 is 1.23 bits per heavy atom. The Morgan fingerprint density at radius 2 is 2.00 bits per heavy atom. The first-order valence-electron chi connectivity index (χ1n) is 6.62. The van der Waals surface area contributed by atoms with Gasteiger partial charge in [0.2, 0.25) is 0 Å². The van der Waals surface area contributed by atoms with Gasteiger partial charge in [0.05, 0.1) is 19.3 Å². The van der Waals surface area contributed by atoms with Gasteiger partial charge < -0.3 is 14.8 Å². The number of carbonyl (C=O) groups is 1. The molecule has 2 aromatic carbocycles. The van der Waals surface area contributed by atoms with E-state index < -0.39 is 11.7 Å². The van der Waals surface area contributed by atoms with E-state index in [0.717, 1.165) is 0 Å². The molecule has 0 aliphatic heterocycles. The maximum Gasteiger partial charge on any atom is 0.258 e. The molecule has 1 amide bonds. The number of benzene rings is 2. The Kier molecular flexibility index (Phi) is 5.38. The van der Waals surface area contributed by atoms with Crippen LogP contribution >= 0.6 is 15.9 Å². The fraction of sp³-hybridized carbons (Fsp3) is 0.188. The summed E-state index contributed by atoms with van der Waals surface area (Å²) in [7, 11) is 1.51. The summed E-state index contributed by atoms with van der Waals surface area (Å²) in [6.45, 7) is 2.37. The number of rotatable bonds is 5. The van der Waals surface area contributed by atoms with Crippen molar-refractivity contribution in [3.8, 4) is 11.5 Å². The summed E-state index contributed by atoms with van der Waals surface area (Å²) in [6, 6.07) is 9.18. The molecule has 2 aromatic rings. The Hall–Kier alpha value is -2.08. The summed E-state index contributed by atoms with van der Waals surface area (Å²) < 4.78 is 24.9. The second-order valence-electron chi connectivity index (χ2n) is 4.38. The van der Waals surface area contributed by atoms with Crippen molar-refractivity contribution in [2.24, 2.45) is 0 Å². The molecule has 1 N–H and O–H groups in total. The minimum atomic E-state index is -0.585. The Labute approximate surface area is 136 Å². The fourth-order valence-corrected chi connectivity index (χ4v) is 2.25. The molecule has 0 heterocycles. The second kappa shape index (κ2) is 7.26. The molecule has 4 nitrogen and oxygen atoms in total. The van der Waals surface area contributed by atoms with Gasteiger partial charge in [-0.2, -0.15) is 0 Å².